The van der Waals surface area contributed by atoms with Gasteiger partial charge in [0.05, 0.1) is 12.2 Å². The average Bonchev–Trinajstić information content (AvgIpc) is 2.60. The molecule has 1 aliphatic rings. The van der Waals surface area contributed by atoms with Gasteiger partial charge in [0, 0.05) is 31.0 Å². The van der Waals surface area contributed by atoms with Gasteiger partial charge in [0.1, 0.15) is 12.4 Å². The van der Waals surface area contributed by atoms with Crippen LogP contribution in [-0.2, 0) is 11.3 Å². The summed E-state index contributed by atoms with van der Waals surface area (Å²) in [4.78, 5) is 18.4. The third kappa shape index (κ3) is 4.11. The number of pyridine rings is 1. The van der Waals surface area contributed by atoms with Crippen LogP contribution in [0.25, 0.3) is 0 Å². The van der Waals surface area contributed by atoms with Crippen molar-refractivity contribution in [2.45, 2.75) is 32.7 Å². The predicted octanol–water partition coefficient (Wildman–Crippen LogP) is 2.91. The Balaban J connectivity index is 1.60. The van der Waals surface area contributed by atoms with Crippen LogP contribution < -0.4 is 4.74 Å². The molecule has 5 heteroatoms. The zero-order chi connectivity index (χ0) is 16.9. The Morgan fingerprint density at radius 2 is 1.75 bits per heavy atom. The molecule has 1 aromatic carbocycles. The zero-order valence-corrected chi connectivity index (χ0v) is 14.0. The van der Waals surface area contributed by atoms with E-state index >= 15 is 0 Å². The molecule has 0 saturated carbocycles. The molecule has 0 spiro atoms. The minimum atomic E-state index is 0.0395. The second-order valence-electron chi connectivity index (χ2n) is 6.14. The van der Waals surface area contributed by atoms with Crippen molar-refractivity contribution in [3.8, 4) is 5.75 Å². The highest BCUT2D eigenvalue weighted by molar-refractivity contribution is 5.94. The third-order valence-corrected chi connectivity index (χ3v) is 3.96. The summed E-state index contributed by atoms with van der Waals surface area (Å²) in [5.74, 6) is 0.782. The van der Waals surface area contributed by atoms with Crippen molar-refractivity contribution in [3.05, 3.63) is 59.9 Å². The number of carbonyl (C=O) groups is 1. The Morgan fingerprint density at radius 3 is 2.38 bits per heavy atom. The van der Waals surface area contributed by atoms with Crippen molar-refractivity contribution in [3.63, 3.8) is 0 Å². The van der Waals surface area contributed by atoms with E-state index in [-0.39, 0.29) is 18.1 Å². The first-order chi connectivity index (χ1) is 11.6. The van der Waals surface area contributed by atoms with E-state index in [2.05, 4.69) is 4.98 Å². The molecule has 0 unspecified atom stereocenters. The van der Waals surface area contributed by atoms with Gasteiger partial charge >= 0.3 is 0 Å². The fourth-order valence-corrected chi connectivity index (χ4v) is 2.87. The number of hydrogen-bond donors (Lipinski definition) is 0. The molecular formula is C19H22N2O3. The fourth-order valence-electron chi connectivity index (χ4n) is 2.87. The zero-order valence-electron chi connectivity index (χ0n) is 14.0. The molecule has 2 aromatic rings. The van der Waals surface area contributed by atoms with Gasteiger partial charge in [-0.15, -0.1) is 0 Å². The van der Waals surface area contributed by atoms with Crippen LogP contribution in [0.3, 0.4) is 0 Å². The van der Waals surface area contributed by atoms with Crippen LogP contribution in [0.5, 0.6) is 5.75 Å². The highest BCUT2D eigenvalue weighted by atomic mass is 16.5. The molecule has 3 rings (SSSR count). The van der Waals surface area contributed by atoms with Crippen molar-refractivity contribution in [1.82, 2.24) is 9.88 Å². The van der Waals surface area contributed by atoms with E-state index in [0.717, 1.165) is 11.3 Å². The van der Waals surface area contributed by atoms with Crippen LogP contribution in [0.1, 0.15) is 29.8 Å². The van der Waals surface area contributed by atoms with Crippen LogP contribution in [0.2, 0.25) is 0 Å². The second kappa shape index (κ2) is 7.45. The lowest BCUT2D eigenvalue weighted by Gasteiger charge is -2.35. The number of ether oxygens (including phenoxy) is 2. The maximum absolute atomic E-state index is 12.6. The third-order valence-electron chi connectivity index (χ3n) is 3.96. The summed E-state index contributed by atoms with van der Waals surface area (Å²) < 4.78 is 11.4. The number of benzene rings is 1. The van der Waals surface area contributed by atoms with Crippen LogP contribution in [0.15, 0.2) is 48.8 Å². The number of hydrogen-bond acceptors (Lipinski definition) is 4. The van der Waals surface area contributed by atoms with Gasteiger partial charge in [0.25, 0.3) is 5.91 Å². The lowest BCUT2D eigenvalue weighted by atomic mass is 10.1. The minimum Gasteiger partial charge on any atom is -0.489 e. The second-order valence-corrected chi connectivity index (χ2v) is 6.14. The van der Waals surface area contributed by atoms with Gasteiger partial charge in [-0.3, -0.25) is 9.78 Å². The van der Waals surface area contributed by atoms with Gasteiger partial charge in [-0.05, 0) is 55.8 Å². The van der Waals surface area contributed by atoms with E-state index in [1.165, 1.54) is 0 Å². The number of nitrogens with zero attached hydrogens (tertiary/aromatic N) is 2. The number of carbonyl (C=O) groups excluding carboxylic acids is 1. The molecule has 0 bridgehead atoms. The Hall–Kier alpha value is -2.40. The normalized spacial score (nSPS) is 20.7. The molecule has 2 atom stereocenters. The van der Waals surface area contributed by atoms with E-state index in [1.54, 1.807) is 12.4 Å². The molecule has 5 nitrogen and oxygen atoms in total. The summed E-state index contributed by atoms with van der Waals surface area (Å²) in [6, 6.07) is 11.1. The van der Waals surface area contributed by atoms with E-state index in [0.29, 0.717) is 25.3 Å². The van der Waals surface area contributed by atoms with Crippen LogP contribution >= 0.6 is 0 Å². The number of amides is 1. The van der Waals surface area contributed by atoms with Crippen molar-refractivity contribution < 1.29 is 14.3 Å². The van der Waals surface area contributed by atoms with E-state index < -0.39 is 0 Å². The summed E-state index contributed by atoms with van der Waals surface area (Å²) >= 11 is 0. The summed E-state index contributed by atoms with van der Waals surface area (Å²) in [6.07, 6.45) is 3.62. The quantitative estimate of drug-likeness (QED) is 0.867. The Bertz CT molecular complexity index is 663. The van der Waals surface area contributed by atoms with Crippen LogP contribution in [0, 0.1) is 0 Å². The standard InChI is InChI=1S/C19H22N2O3/c1-14-11-21(12-15(2)24-14)19(22)17-3-5-18(6-4-17)23-13-16-7-9-20-10-8-16/h3-10,14-15H,11-13H2,1-2H3/t14-,15-/m1/s1. The summed E-state index contributed by atoms with van der Waals surface area (Å²) in [5.41, 5.74) is 1.73. The molecule has 1 fully saturated rings. The van der Waals surface area contributed by atoms with Crippen molar-refractivity contribution >= 4 is 5.91 Å². The average molecular weight is 326 g/mol. The monoisotopic (exact) mass is 326 g/mol. The summed E-state index contributed by atoms with van der Waals surface area (Å²) in [5, 5.41) is 0. The lowest BCUT2D eigenvalue weighted by Crippen LogP contribution is -2.48. The topological polar surface area (TPSA) is 51.7 Å². The molecule has 0 N–H and O–H groups in total. The molecule has 0 radical (unpaired) electrons. The van der Waals surface area contributed by atoms with Gasteiger partial charge in [-0.25, -0.2) is 0 Å². The number of morpholine rings is 1. The highest BCUT2D eigenvalue weighted by Crippen LogP contribution is 2.18. The molecule has 1 aliphatic heterocycles. The molecule has 1 saturated heterocycles. The van der Waals surface area contributed by atoms with E-state index in [9.17, 15) is 4.79 Å². The minimum absolute atomic E-state index is 0.0395. The predicted molar refractivity (Wildman–Crippen MR) is 90.9 cm³/mol. The van der Waals surface area contributed by atoms with Gasteiger partial charge in [0.15, 0.2) is 0 Å². The summed E-state index contributed by atoms with van der Waals surface area (Å²) in [7, 11) is 0. The lowest BCUT2D eigenvalue weighted by molar-refractivity contribution is -0.0586. The molecular weight excluding hydrogens is 304 g/mol. The number of rotatable bonds is 4. The van der Waals surface area contributed by atoms with Crippen molar-refractivity contribution in [2.75, 3.05) is 13.1 Å². The summed E-state index contributed by atoms with van der Waals surface area (Å²) in [6.45, 7) is 5.72. The smallest absolute Gasteiger partial charge is 0.254 e. The Labute approximate surface area is 142 Å². The first kappa shape index (κ1) is 16.5. The van der Waals surface area contributed by atoms with E-state index in [4.69, 9.17) is 9.47 Å². The fraction of sp³-hybridized carbons (Fsp3) is 0.368. The first-order valence-electron chi connectivity index (χ1n) is 8.18. The molecule has 1 amide bonds. The molecule has 0 aliphatic carbocycles. The highest BCUT2D eigenvalue weighted by Gasteiger charge is 2.26. The maximum atomic E-state index is 12.6. The molecule has 126 valence electrons. The van der Waals surface area contributed by atoms with Gasteiger partial charge in [-0.1, -0.05) is 0 Å². The van der Waals surface area contributed by atoms with Crippen molar-refractivity contribution in [2.24, 2.45) is 0 Å². The van der Waals surface area contributed by atoms with E-state index in [1.807, 2.05) is 55.1 Å². The Kier molecular flexibility index (Phi) is 5.11. The SMILES string of the molecule is C[C@@H]1CN(C(=O)c2ccc(OCc3ccncc3)cc2)C[C@@H](C)O1. The van der Waals surface area contributed by atoms with Gasteiger partial charge in [0.2, 0.25) is 0 Å². The van der Waals surface area contributed by atoms with Gasteiger partial charge in [-0.2, -0.15) is 0 Å². The maximum Gasteiger partial charge on any atom is 0.254 e. The van der Waals surface area contributed by atoms with Gasteiger partial charge < -0.3 is 14.4 Å². The van der Waals surface area contributed by atoms with Crippen LogP contribution in [0.4, 0.5) is 0 Å². The number of aromatic nitrogens is 1. The van der Waals surface area contributed by atoms with Crippen molar-refractivity contribution in [1.29, 1.82) is 0 Å². The van der Waals surface area contributed by atoms with Crippen LogP contribution in [-0.4, -0.2) is 41.1 Å². The largest absolute Gasteiger partial charge is 0.489 e. The molecule has 2 heterocycles. The molecule has 24 heavy (non-hydrogen) atoms. The first-order valence-corrected chi connectivity index (χ1v) is 8.18. The Morgan fingerprint density at radius 1 is 1.12 bits per heavy atom. The molecule has 1 aromatic heterocycles.